The van der Waals surface area contributed by atoms with Crippen LogP contribution in [0.25, 0.3) is 0 Å². The molecule has 2 atom stereocenters. The van der Waals surface area contributed by atoms with Crippen molar-refractivity contribution in [2.24, 2.45) is 5.10 Å². The van der Waals surface area contributed by atoms with E-state index in [1.807, 2.05) is 30.3 Å². The lowest BCUT2D eigenvalue weighted by atomic mass is 9.88. The predicted molar refractivity (Wildman–Crippen MR) is 72.2 cm³/mol. The van der Waals surface area contributed by atoms with Crippen LogP contribution in [0.3, 0.4) is 0 Å². The topological polar surface area (TPSA) is 77.0 Å². The molecule has 0 amide bonds. The first-order valence-electron chi connectivity index (χ1n) is 6.32. The van der Waals surface area contributed by atoms with Gasteiger partial charge in [0.15, 0.2) is 11.8 Å². The first-order chi connectivity index (χ1) is 9.69. The fraction of sp³-hybridized carbons (Fsp3) is 0.357. The molecule has 6 nitrogen and oxygen atoms in total. The summed E-state index contributed by atoms with van der Waals surface area (Å²) >= 11 is 0. The zero-order chi connectivity index (χ0) is 14.5. The van der Waals surface area contributed by atoms with Crippen molar-refractivity contribution in [3.8, 4) is 0 Å². The molecule has 0 saturated carbocycles. The van der Waals surface area contributed by atoms with E-state index in [0.717, 1.165) is 5.56 Å². The Morgan fingerprint density at radius 3 is 2.60 bits per heavy atom. The Morgan fingerprint density at radius 2 is 2.00 bits per heavy atom. The van der Waals surface area contributed by atoms with E-state index < -0.39 is 23.9 Å². The molecule has 6 heteroatoms. The molecule has 2 rings (SSSR count). The van der Waals surface area contributed by atoms with E-state index in [1.165, 1.54) is 7.11 Å². The summed E-state index contributed by atoms with van der Waals surface area (Å²) in [6.07, 6.45) is 0. The smallest absolute Gasteiger partial charge is 0.354 e. The number of hydrazone groups is 1. The second kappa shape index (κ2) is 6.18. The fourth-order valence-corrected chi connectivity index (χ4v) is 2.15. The number of ether oxygens (including phenoxy) is 2. The van der Waals surface area contributed by atoms with Gasteiger partial charge in [-0.2, -0.15) is 5.10 Å². The predicted octanol–water partition coefficient (Wildman–Crippen LogP) is 0.834. The first kappa shape index (κ1) is 14.0. The maximum absolute atomic E-state index is 12.0. The van der Waals surface area contributed by atoms with Crippen LogP contribution in [0.2, 0.25) is 0 Å². The summed E-state index contributed by atoms with van der Waals surface area (Å²) in [5, 5.41) is 3.94. The fourth-order valence-electron chi connectivity index (χ4n) is 2.15. The van der Waals surface area contributed by atoms with Crippen LogP contribution in [0.15, 0.2) is 35.4 Å². The van der Waals surface area contributed by atoms with Crippen molar-refractivity contribution in [3.05, 3.63) is 35.9 Å². The van der Waals surface area contributed by atoms with Gasteiger partial charge in [-0.25, -0.2) is 9.59 Å². The Balaban J connectivity index is 2.33. The molecule has 1 N–H and O–H groups in total. The standard InChI is InChI=1S/C14H16N2O4/c1-3-20-14(18)12-10(9-7-5-4-6-8-9)11(15-16-12)13(17)19-2/h4-8,10,12,16H,3H2,1-2H3/t10-,12-/m1/s1. The van der Waals surface area contributed by atoms with Crippen LogP contribution in [0, 0.1) is 0 Å². The summed E-state index contributed by atoms with van der Waals surface area (Å²) in [4.78, 5) is 23.8. The minimum Gasteiger partial charge on any atom is -0.464 e. The number of rotatable bonds is 4. The third-order valence-electron chi connectivity index (χ3n) is 3.05. The highest BCUT2D eigenvalue weighted by atomic mass is 16.5. The molecule has 0 aromatic heterocycles. The number of hydrogen-bond donors (Lipinski definition) is 1. The Morgan fingerprint density at radius 1 is 1.30 bits per heavy atom. The number of hydrogen-bond acceptors (Lipinski definition) is 6. The average Bonchev–Trinajstić information content (AvgIpc) is 2.92. The van der Waals surface area contributed by atoms with Crippen LogP contribution in [-0.2, 0) is 19.1 Å². The molecule has 0 aliphatic carbocycles. The molecule has 1 aliphatic heterocycles. The number of carbonyl (C=O) groups is 2. The maximum Gasteiger partial charge on any atom is 0.354 e. The molecular weight excluding hydrogens is 260 g/mol. The van der Waals surface area contributed by atoms with Crippen LogP contribution in [0.5, 0.6) is 0 Å². The molecule has 0 saturated heterocycles. The number of nitrogens with one attached hydrogen (secondary N) is 1. The maximum atomic E-state index is 12.0. The lowest BCUT2D eigenvalue weighted by molar-refractivity contribution is -0.145. The van der Waals surface area contributed by atoms with E-state index >= 15 is 0 Å². The SMILES string of the molecule is CCOC(=O)[C@@H]1NN=C(C(=O)OC)[C@H]1c1ccccc1. The third kappa shape index (κ3) is 2.64. The Kier molecular flexibility index (Phi) is 4.34. The second-order valence-corrected chi connectivity index (χ2v) is 4.24. The first-order valence-corrected chi connectivity index (χ1v) is 6.32. The van der Waals surface area contributed by atoms with Gasteiger partial charge in [-0.05, 0) is 12.5 Å². The van der Waals surface area contributed by atoms with Crippen molar-refractivity contribution in [3.63, 3.8) is 0 Å². The number of methoxy groups -OCH3 is 1. The number of benzene rings is 1. The van der Waals surface area contributed by atoms with Gasteiger partial charge in [0.1, 0.15) is 0 Å². The molecule has 20 heavy (non-hydrogen) atoms. The van der Waals surface area contributed by atoms with Crippen LogP contribution in [0.1, 0.15) is 18.4 Å². The Labute approximate surface area is 116 Å². The number of esters is 2. The molecule has 1 aromatic rings. The van der Waals surface area contributed by atoms with E-state index in [-0.39, 0.29) is 12.3 Å². The Hall–Kier alpha value is -2.37. The summed E-state index contributed by atoms with van der Waals surface area (Å²) in [6, 6.07) is 8.49. The highest BCUT2D eigenvalue weighted by Crippen LogP contribution is 2.27. The van der Waals surface area contributed by atoms with Gasteiger partial charge in [-0.3, -0.25) is 5.43 Å². The molecule has 0 spiro atoms. The van der Waals surface area contributed by atoms with Gasteiger partial charge in [0.25, 0.3) is 0 Å². The summed E-state index contributed by atoms with van der Waals surface area (Å²) < 4.78 is 9.72. The lowest BCUT2D eigenvalue weighted by Crippen LogP contribution is -2.38. The third-order valence-corrected chi connectivity index (χ3v) is 3.05. The van der Waals surface area contributed by atoms with Crippen molar-refractivity contribution in [1.82, 2.24) is 5.43 Å². The monoisotopic (exact) mass is 276 g/mol. The molecule has 0 unspecified atom stereocenters. The second-order valence-electron chi connectivity index (χ2n) is 4.24. The van der Waals surface area contributed by atoms with E-state index in [0.29, 0.717) is 0 Å². The van der Waals surface area contributed by atoms with Crippen molar-refractivity contribution in [1.29, 1.82) is 0 Å². The minimum atomic E-state index is -0.716. The zero-order valence-corrected chi connectivity index (χ0v) is 11.3. The van der Waals surface area contributed by atoms with Gasteiger partial charge >= 0.3 is 11.9 Å². The molecule has 0 bridgehead atoms. The lowest BCUT2D eigenvalue weighted by Gasteiger charge is -2.18. The van der Waals surface area contributed by atoms with Gasteiger partial charge in [-0.15, -0.1) is 0 Å². The molecular formula is C14H16N2O4. The van der Waals surface area contributed by atoms with Crippen molar-refractivity contribution < 1.29 is 19.1 Å². The van der Waals surface area contributed by atoms with E-state index in [1.54, 1.807) is 6.92 Å². The average molecular weight is 276 g/mol. The molecule has 1 aliphatic rings. The van der Waals surface area contributed by atoms with E-state index in [2.05, 4.69) is 10.5 Å². The highest BCUT2D eigenvalue weighted by Gasteiger charge is 2.42. The molecule has 1 heterocycles. The van der Waals surface area contributed by atoms with E-state index in [9.17, 15) is 9.59 Å². The molecule has 0 radical (unpaired) electrons. The van der Waals surface area contributed by atoms with Gasteiger partial charge in [0.2, 0.25) is 0 Å². The van der Waals surface area contributed by atoms with Crippen molar-refractivity contribution in [2.45, 2.75) is 18.9 Å². The quantitative estimate of drug-likeness (QED) is 0.824. The van der Waals surface area contributed by atoms with Crippen molar-refractivity contribution in [2.75, 3.05) is 13.7 Å². The molecule has 106 valence electrons. The Bertz CT molecular complexity index is 527. The summed E-state index contributed by atoms with van der Waals surface area (Å²) in [7, 11) is 1.28. The molecule has 0 fully saturated rings. The summed E-state index contributed by atoms with van der Waals surface area (Å²) in [5.74, 6) is -1.51. The van der Waals surface area contributed by atoms with E-state index in [4.69, 9.17) is 9.47 Å². The van der Waals surface area contributed by atoms with Crippen LogP contribution >= 0.6 is 0 Å². The van der Waals surface area contributed by atoms with Gasteiger partial charge in [0, 0.05) is 0 Å². The number of nitrogens with zero attached hydrogens (tertiary/aromatic N) is 1. The van der Waals surface area contributed by atoms with Gasteiger partial charge in [-0.1, -0.05) is 30.3 Å². The van der Waals surface area contributed by atoms with Crippen LogP contribution in [0.4, 0.5) is 0 Å². The highest BCUT2D eigenvalue weighted by molar-refractivity contribution is 6.39. The molecule has 1 aromatic carbocycles. The van der Waals surface area contributed by atoms with Crippen LogP contribution in [-0.4, -0.2) is 37.4 Å². The minimum absolute atomic E-state index is 0.178. The largest absolute Gasteiger partial charge is 0.464 e. The van der Waals surface area contributed by atoms with Gasteiger partial charge < -0.3 is 9.47 Å². The van der Waals surface area contributed by atoms with Crippen molar-refractivity contribution >= 4 is 17.7 Å². The zero-order valence-electron chi connectivity index (χ0n) is 11.3. The normalized spacial score (nSPS) is 20.8. The summed E-state index contributed by atoms with van der Waals surface area (Å²) in [5.41, 5.74) is 3.65. The summed E-state index contributed by atoms with van der Waals surface area (Å²) in [6.45, 7) is 2.00. The number of carbonyl (C=O) groups excluding carboxylic acids is 2. The van der Waals surface area contributed by atoms with Gasteiger partial charge in [0.05, 0.1) is 19.6 Å². The van der Waals surface area contributed by atoms with Crippen LogP contribution < -0.4 is 5.43 Å².